The van der Waals surface area contributed by atoms with Gasteiger partial charge in [-0.05, 0) is 28.3 Å². The van der Waals surface area contributed by atoms with Gasteiger partial charge < -0.3 is 0 Å². The number of nitrogens with zero attached hydrogens (tertiary/aromatic N) is 1. The van der Waals surface area contributed by atoms with Crippen LogP contribution in [-0.2, 0) is 6.42 Å². The van der Waals surface area contributed by atoms with Crippen molar-refractivity contribution in [2.24, 2.45) is 0 Å². The second-order valence-electron chi connectivity index (χ2n) is 3.75. The number of nitriles is 1. The van der Waals surface area contributed by atoms with Gasteiger partial charge in [-0.25, -0.2) is 0 Å². The van der Waals surface area contributed by atoms with Gasteiger partial charge in [-0.2, -0.15) is 5.26 Å². The minimum Gasteiger partial charge on any atom is -0.198 e. The van der Waals surface area contributed by atoms with Crippen LogP contribution in [0.2, 0.25) is 0 Å². The minimum absolute atomic E-state index is 0.0658. The molecule has 0 saturated heterocycles. The fraction of sp³-hybridized carbons (Fsp3) is 0.154. The van der Waals surface area contributed by atoms with E-state index in [4.69, 9.17) is 5.26 Å². The van der Waals surface area contributed by atoms with Crippen LogP contribution >= 0.6 is 0 Å². The summed E-state index contributed by atoms with van der Waals surface area (Å²) in [5.74, 6) is 0.0658. The van der Waals surface area contributed by atoms with Gasteiger partial charge in [0.05, 0.1) is 12.0 Å². The maximum atomic E-state index is 9.04. The van der Waals surface area contributed by atoms with E-state index in [1.807, 2.05) is 6.07 Å². The highest BCUT2D eigenvalue weighted by molar-refractivity contribution is 5.91. The molecule has 1 atom stereocenters. The fourth-order valence-electron chi connectivity index (χ4n) is 2.36. The molecule has 1 nitrogen and oxygen atoms in total. The van der Waals surface area contributed by atoms with Crippen LogP contribution in [0.4, 0.5) is 0 Å². The Morgan fingerprint density at radius 1 is 1.14 bits per heavy atom. The van der Waals surface area contributed by atoms with Crippen molar-refractivity contribution in [3.8, 4) is 6.07 Å². The molecule has 1 aliphatic rings. The molecule has 0 N–H and O–H groups in total. The zero-order valence-electron chi connectivity index (χ0n) is 7.70. The monoisotopic (exact) mass is 179 g/mol. The lowest BCUT2D eigenvalue weighted by Crippen LogP contribution is -1.90. The highest BCUT2D eigenvalue weighted by Crippen LogP contribution is 2.37. The predicted molar refractivity (Wildman–Crippen MR) is 56.0 cm³/mol. The molecule has 0 heterocycles. The molecule has 0 spiro atoms. The smallest absolute Gasteiger partial charge is 0.0759 e. The van der Waals surface area contributed by atoms with Crippen LogP contribution in [0.15, 0.2) is 36.4 Å². The zero-order valence-corrected chi connectivity index (χ0v) is 7.70. The highest BCUT2D eigenvalue weighted by atomic mass is 14.3. The number of rotatable bonds is 0. The Bertz CT molecular complexity index is 543. The summed E-state index contributed by atoms with van der Waals surface area (Å²) in [5.41, 5.74) is 2.53. The zero-order chi connectivity index (χ0) is 9.54. The van der Waals surface area contributed by atoms with Crippen LogP contribution in [-0.4, -0.2) is 0 Å². The van der Waals surface area contributed by atoms with E-state index in [-0.39, 0.29) is 5.92 Å². The van der Waals surface area contributed by atoms with Crippen molar-refractivity contribution in [3.63, 3.8) is 0 Å². The average Bonchev–Trinajstić information content (AvgIpc) is 2.60. The highest BCUT2D eigenvalue weighted by Gasteiger charge is 2.23. The molecule has 0 fully saturated rings. The van der Waals surface area contributed by atoms with Gasteiger partial charge in [0.2, 0.25) is 0 Å². The van der Waals surface area contributed by atoms with Crippen molar-refractivity contribution in [1.82, 2.24) is 0 Å². The maximum Gasteiger partial charge on any atom is 0.0759 e. The van der Waals surface area contributed by atoms with E-state index in [0.29, 0.717) is 0 Å². The normalized spacial score (nSPS) is 18.4. The van der Waals surface area contributed by atoms with E-state index >= 15 is 0 Å². The van der Waals surface area contributed by atoms with Gasteiger partial charge in [-0.1, -0.05) is 36.4 Å². The first kappa shape index (κ1) is 7.58. The Labute approximate surface area is 82.6 Å². The third-order valence-corrected chi connectivity index (χ3v) is 2.98. The standard InChI is InChI=1S/C13H9N/c14-8-11-7-10-5-1-3-9-4-2-6-12(11)13(9)10/h1-6,11H,7H2/t11-/m0/s1. The lowest BCUT2D eigenvalue weighted by Gasteiger charge is -2.01. The lowest BCUT2D eigenvalue weighted by molar-refractivity contribution is 0.897. The van der Waals surface area contributed by atoms with Gasteiger partial charge >= 0.3 is 0 Å². The van der Waals surface area contributed by atoms with Crippen LogP contribution in [0.5, 0.6) is 0 Å². The molecule has 0 bridgehead atoms. The summed E-state index contributed by atoms with van der Waals surface area (Å²) in [7, 11) is 0. The molecule has 0 unspecified atom stereocenters. The Morgan fingerprint density at radius 3 is 2.71 bits per heavy atom. The molecule has 1 heteroatoms. The SMILES string of the molecule is N#C[C@@H]1Cc2cccc3cccc1c23. The van der Waals surface area contributed by atoms with Gasteiger partial charge in [0.1, 0.15) is 0 Å². The summed E-state index contributed by atoms with van der Waals surface area (Å²) in [6.45, 7) is 0. The third-order valence-electron chi connectivity index (χ3n) is 2.98. The van der Waals surface area contributed by atoms with E-state index in [1.54, 1.807) is 0 Å². The molecular formula is C13H9N. The summed E-state index contributed by atoms with van der Waals surface area (Å²) >= 11 is 0. The fourth-order valence-corrected chi connectivity index (χ4v) is 2.36. The van der Waals surface area contributed by atoms with Crippen molar-refractivity contribution in [2.45, 2.75) is 12.3 Å². The van der Waals surface area contributed by atoms with Gasteiger partial charge in [-0.3, -0.25) is 0 Å². The van der Waals surface area contributed by atoms with Crippen LogP contribution in [0.1, 0.15) is 17.0 Å². The van der Waals surface area contributed by atoms with Crippen molar-refractivity contribution in [1.29, 1.82) is 5.26 Å². The van der Waals surface area contributed by atoms with Crippen LogP contribution in [0.3, 0.4) is 0 Å². The molecule has 0 aliphatic heterocycles. The molecule has 0 radical (unpaired) electrons. The van der Waals surface area contributed by atoms with Crippen molar-refractivity contribution in [3.05, 3.63) is 47.5 Å². The second kappa shape index (κ2) is 2.59. The number of hydrogen-bond donors (Lipinski definition) is 0. The van der Waals surface area contributed by atoms with Crippen molar-refractivity contribution in [2.75, 3.05) is 0 Å². The second-order valence-corrected chi connectivity index (χ2v) is 3.75. The number of hydrogen-bond acceptors (Lipinski definition) is 1. The molecule has 2 aromatic rings. The summed E-state index contributed by atoms with van der Waals surface area (Å²) < 4.78 is 0. The lowest BCUT2D eigenvalue weighted by atomic mass is 10.0. The Balaban J connectivity index is 2.45. The molecule has 0 saturated carbocycles. The summed E-state index contributed by atoms with van der Waals surface area (Å²) in [5, 5.41) is 11.6. The molecule has 0 amide bonds. The Morgan fingerprint density at radius 2 is 1.93 bits per heavy atom. The van der Waals surface area contributed by atoms with E-state index in [0.717, 1.165) is 6.42 Å². The van der Waals surface area contributed by atoms with Crippen molar-refractivity contribution < 1.29 is 0 Å². The maximum absolute atomic E-state index is 9.04. The van der Waals surface area contributed by atoms with Gasteiger partial charge in [0.25, 0.3) is 0 Å². The average molecular weight is 179 g/mol. The minimum atomic E-state index is 0.0658. The summed E-state index contributed by atoms with van der Waals surface area (Å²) in [6, 6.07) is 14.9. The van der Waals surface area contributed by atoms with Crippen LogP contribution in [0, 0.1) is 11.3 Å². The van der Waals surface area contributed by atoms with E-state index < -0.39 is 0 Å². The molecule has 1 aliphatic carbocycles. The van der Waals surface area contributed by atoms with E-state index in [2.05, 4.69) is 36.4 Å². The summed E-state index contributed by atoms with van der Waals surface area (Å²) in [4.78, 5) is 0. The van der Waals surface area contributed by atoms with Gasteiger partial charge in [-0.15, -0.1) is 0 Å². The van der Waals surface area contributed by atoms with Crippen LogP contribution < -0.4 is 0 Å². The molecule has 14 heavy (non-hydrogen) atoms. The molecular weight excluding hydrogens is 170 g/mol. The number of benzene rings is 2. The third kappa shape index (κ3) is 0.831. The van der Waals surface area contributed by atoms with Gasteiger partial charge in [0, 0.05) is 0 Å². The van der Waals surface area contributed by atoms with Crippen molar-refractivity contribution >= 4 is 10.8 Å². The first-order valence-electron chi connectivity index (χ1n) is 4.80. The van der Waals surface area contributed by atoms with E-state index in [9.17, 15) is 0 Å². The first-order chi connectivity index (χ1) is 6.90. The molecule has 66 valence electrons. The Kier molecular flexibility index (Phi) is 1.40. The summed E-state index contributed by atoms with van der Waals surface area (Å²) in [6.07, 6.45) is 0.882. The molecule has 0 aromatic heterocycles. The quantitative estimate of drug-likeness (QED) is 0.609. The van der Waals surface area contributed by atoms with Crippen LogP contribution in [0.25, 0.3) is 10.8 Å². The van der Waals surface area contributed by atoms with E-state index in [1.165, 1.54) is 21.9 Å². The topological polar surface area (TPSA) is 23.8 Å². The Hall–Kier alpha value is -1.81. The predicted octanol–water partition coefficient (Wildman–Crippen LogP) is 3.00. The molecule has 2 aromatic carbocycles. The van der Waals surface area contributed by atoms with Gasteiger partial charge in [0.15, 0.2) is 0 Å². The molecule has 3 rings (SSSR count). The largest absolute Gasteiger partial charge is 0.198 e. The first-order valence-corrected chi connectivity index (χ1v) is 4.80.